The van der Waals surface area contributed by atoms with Gasteiger partial charge in [0.25, 0.3) is 0 Å². The standard InChI is InChI=1S/C17H34N2O3/c1-12(2)15(19-16(20)22-17(3,4)5)11-18-13-8-7-9-14(10-13)21-6/h12-15,18H,7-11H2,1-6H3,(H,19,20). The zero-order valence-electron chi connectivity index (χ0n) is 15.1. The smallest absolute Gasteiger partial charge is 0.407 e. The van der Waals surface area contributed by atoms with Crippen molar-refractivity contribution in [2.45, 2.75) is 84.1 Å². The van der Waals surface area contributed by atoms with Crippen LogP contribution >= 0.6 is 0 Å². The average Bonchev–Trinajstić information content (AvgIpc) is 2.41. The Hall–Kier alpha value is -0.810. The fourth-order valence-corrected chi connectivity index (χ4v) is 2.75. The second kappa shape index (κ2) is 8.73. The maximum absolute atomic E-state index is 11.9. The summed E-state index contributed by atoms with van der Waals surface area (Å²) in [5.74, 6) is 0.349. The Kier molecular flexibility index (Phi) is 7.63. The minimum Gasteiger partial charge on any atom is -0.444 e. The van der Waals surface area contributed by atoms with Gasteiger partial charge in [-0.2, -0.15) is 0 Å². The van der Waals surface area contributed by atoms with Crippen molar-refractivity contribution < 1.29 is 14.3 Å². The summed E-state index contributed by atoms with van der Waals surface area (Å²) in [5.41, 5.74) is -0.464. The second-order valence-corrected chi connectivity index (χ2v) is 7.63. The van der Waals surface area contributed by atoms with E-state index >= 15 is 0 Å². The van der Waals surface area contributed by atoms with Gasteiger partial charge in [0.05, 0.1) is 6.10 Å². The number of amides is 1. The predicted molar refractivity (Wildman–Crippen MR) is 89.1 cm³/mol. The van der Waals surface area contributed by atoms with Gasteiger partial charge in [-0.1, -0.05) is 13.8 Å². The Bertz CT molecular complexity index is 339. The summed E-state index contributed by atoms with van der Waals surface area (Å²) in [7, 11) is 1.79. The molecule has 0 spiro atoms. The molecular weight excluding hydrogens is 280 g/mol. The lowest BCUT2D eigenvalue weighted by Crippen LogP contribution is -2.49. The molecule has 0 radical (unpaired) electrons. The van der Waals surface area contributed by atoms with Crippen LogP contribution in [0.5, 0.6) is 0 Å². The van der Waals surface area contributed by atoms with Gasteiger partial charge >= 0.3 is 6.09 Å². The molecule has 22 heavy (non-hydrogen) atoms. The number of methoxy groups -OCH3 is 1. The van der Waals surface area contributed by atoms with Crippen molar-refractivity contribution in [3.63, 3.8) is 0 Å². The number of alkyl carbamates (subject to hydrolysis) is 1. The van der Waals surface area contributed by atoms with Crippen LogP contribution in [0.1, 0.15) is 60.3 Å². The molecule has 3 unspecified atom stereocenters. The molecule has 0 bridgehead atoms. The lowest BCUT2D eigenvalue weighted by Gasteiger charge is -2.31. The molecule has 1 fully saturated rings. The van der Waals surface area contributed by atoms with Crippen molar-refractivity contribution in [1.82, 2.24) is 10.6 Å². The number of nitrogens with one attached hydrogen (secondary N) is 2. The third kappa shape index (κ3) is 7.45. The lowest BCUT2D eigenvalue weighted by molar-refractivity contribution is 0.0472. The van der Waals surface area contributed by atoms with E-state index < -0.39 is 5.60 Å². The highest BCUT2D eigenvalue weighted by Gasteiger charge is 2.25. The maximum atomic E-state index is 11.9. The number of carbonyl (C=O) groups excluding carboxylic acids is 1. The molecular formula is C17H34N2O3. The van der Waals surface area contributed by atoms with E-state index in [2.05, 4.69) is 24.5 Å². The van der Waals surface area contributed by atoms with Crippen LogP contribution in [0.25, 0.3) is 0 Å². The average molecular weight is 314 g/mol. The first-order valence-corrected chi connectivity index (χ1v) is 8.47. The van der Waals surface area contributed by atoms with E-state index in [1.165, 1.54) is 12.8 Å². The van der Waals surface area contributed by atoms with E-state index in [0.29, 0.717) is 18.1 Å². The molecule has 130 valence electrons. The highest BCUT2D eigenvalue weighted by Crippen LogP contribution is 2.20. The first-order valence-electron chi connectivity index (χ1n) is 8.47. The molecule has 0 aromatic carbocycles. The monoisotopic (exact) mass is 314 g/mol. The third-order valence-electron chi connectivity index (χ3n) is 4.09. The minimum absolute atomic E-state index is 0.0674. The van der Waals surface area contributed by atoms with Gasteiger partial charge < -0.3 is 20.1 Å². The Balaban J connectivity index is 2.42. The summed E-state index contributed by atoms with van der Waals surface area (Å²) in [6.07, 6.45) is 4.60. The topological polar surface area (TPSA) is 59.6 Å². The van der Waals surface area contributed by atoms with E-state index in [4.69, 9.17) is 9.47 Å². The van der Waals surface area contributed by atoms with Gasteiger partial charge in [-0.05, 0) is 52.4 Å². The number of ether oxygens (including phenoxy) is 2. The molecule has 2 N–H and O–H groups in total. The summed E-state index contributed by atoms with van der Waals surface area (Å²) in [6.45, 7) is 10.6. The first kappa shape index (κ1) is 19.2. The molecule has 5 heteroatoms. The largest absolute Gasteiger partial charge is 0.444 e. The summed E-state index contributed by atoms with van der Waals surface area (Å²) in [4.78, 5) is 11.9. The fraction of sp³-hybridized carbons (Fsp3) is 0.941. The quantitative estimate of drug-likeness (QED) is 0.791. The Morgan fingerprint density at radius 3 is 2.50 bits per heavy atom. The van der Waals surface area contributed by atoms with Gasteiger partial charge in [0.2, 0.25) is 0 Å². The number of hydrogen-bond donors (Lipinski definition) is 2. The molecule has 1 saturated carbocycles. The first-order chi connectivity index (χ1) is 10.2. The van der Waals surface area contributed by atoms with Crippen molar-refractivity contribution >= 4 is 6.09 Å². The molecule has 1 aliphatic carbocycles. The third-order valence-corrected chi connectivity index (χ3v) is 4.09. The number of rotatable bonds is 6. The molecule has 3 atom stereocenters. The zero-order valence-corrected chi connectivity index (χ0v) is 15.1. The Labute approximate surface area is 135 Å². The van der Waals surface area contributed by atoms with Crippen LogP contribution in [0.2, 0.25) is 0 Å². The zero-order chi connectivity index (χ0) is 16.8. The van der Waals surface area contributed by atoms with Crippen LogP contribution in [-0.2, 0) is 9.47 Å². The van der Waals surface area contributed by atoms with Crippen LogP contribution in [0, 0.1) is 5.92 Å². The van der Waals surface area contributed by atoms with E-state index in [9.17, 15) is 4.79 Å². The van der Waals surface area contributed by atoms with E-state index in [1.807, 2.05) is 20.8 Å². The van der Waals surface area contributed by atoms with Crippen molar-refractivity contribution in [3.05, 3.63) is 0 Å². The minimum atomic E-state index is -0.464. The summed E-state index contributed by atoms with van der Waals surface area (Å²) < 4.78 is 10.8. The Morgan fingerprint density at radius 1 is 1.27 bits per heavy atom. The SMILES string of the molecule is COC1CCCC(NCC(NC(=O)OC(C)(C)C)C(C)C)C1. The van der Waals surface area contributed by atoms with Crippen LogP contribution in [0.4, 0.5) is 4.79 Å². The van der Waals surface area contributed by atoms with Crippen molar-refractivity contribution in [3.8, 4) is 0 Å². The van der Waals surface area contributed by atoms with Gasteiger partial charge in [0.1, 0.15) is 5.60 Å². The van der Waals surface area contributed by atoms with Crippen molar-refractivity contribution in [2.24, 2.45) is 5.92 Å². The number of hydrogen-bond acceptors (Lipinski definition) is 4. The fourth-order valence-electron chi connectivity index (χ4n) is 2.75. The normalized spacial score (nSPS) is 24.1. The molecule has 1 aliphatic rings. The van der Waals surface area contributed by atoms with Gasteiger partial charge in [-0.25, -0.2) is 4.79 Å². The summed E-state index contributed by atoms with van der Waals surface area (Å²) >= 11 is 0. The van der Waals surface area contributed by atoms with Gasteiger partial charge in [0, 0.05) is 25.7 Å². The van der Waals surface area contributed by atoms with Crippen LogP contribution in [0.15, 0.2) is 0 Å². The molecule has 0 saturated heterocycles. The van der Waals surface area contributed by atoms with E-state index in [-0.39, 0.29) is 12.1 Å². The van der Waals surface area contributed by atoms with Gasteiger partial charge in [0.15, 0.2) is 0 Å². The molecule has 5 nitrogen and oxygen atoms in total. The number of carbonyl (C=O) groups is 1. The predicted octanol–water partition coefficient (Wildman–Crippen LogP) is 3.08. The molecule has 1 amide bonds. The molecule has 0 heterocycles. The van der Waals surface area contributed by atoms with Gasteiger partial charge in [-0.3, -0.25) is 0 Å². The summed E-state index contributed by atoms with van der Waals surface area (Å²) in [5, 5.41) is 6.57. The van der Waals surface area contributed by atoms with E-state index in [1.54, 1.807) is 7.11 Å². The highest BCUT2D eigenvalue weighted by molar-refractivity contribution is 5.68. The summed E-state index contributed by atoms with van der Waals surface area (Å²) in [6, 6.07) is 0.540. The molecule has 0 aromatic heterocycles. The van der Waals surface area contributed by atoms with Crippen molar-refractivity contribution in [2.75, 3.05) is 13.7 Å². The highest BCUT2D eigenvalue weighted by atomic mass is 16.6. The second-order valence-electron chi connectivity index (χ2n) is 7.63. The van der Waals surface area contributed by atoms with E-state index in [0.717, 1.165) is 19.4 Å². The molecule has 0 aromatic rings. The molecule has 0 aliphatic heterocycles. The van der Waals surface area contributed by atoms with Crippen molar-refractivity contribution in [1.29, 1.82) is 0 Å². The maximum Gasteiger partial charge on any atom is 0.407 e. The Morgan fingerprint density at radius 2 is 1.95 bits per heavy atom. The molecule has 1 rings (SSSR count). The lowest BCUT2D eigenvalue weighted by atomic mass is 9.92. The van der Waals surface area contributed by atoms with Crippen LogP contribution in [0.3, 0.4) is 0 Å². The van der Waals surface area contributed by atoms with Gasteiger partial charge in [-0.15, -0.1) is 0 Å². The van der Waals surface area contributed by atoms with Crippen LogP contribution in [-0.4, -0.2) is 43.5 Å². The van der Waals surface area contributed by atoms with Crippen LogP contribution < -0.4 is 10.6 Å².